The Morgan fingerprint density at radius 3 is 2.77 bits per heavy atom. The molecule has 4 rings (SSSR count). The topological polar surface area (TPSA) is 38.8 Å². The molecule has 0 radical (unpaired) electrons. The maximum atomic E-state index is 11.9. The van der Waals surface area contributed by atoms with E-state index in [1.54, 1.807) is 6.07 Å². The van der Waals surface area contributed by atoms with Crippen LogP contribution >= 0.6 is 0 Å². The molecule has 0 N–H and O–H groups in total. The molecule has 1 saturated carbocycles. The van der Waals surface area contributed by atoms with E-state index in [9.17, 15) is 4.79 Å². The molecule has 0 amide bonds. The average Bonchev–Trinajstić information content (AvgIpc) is 3.36. The van der Waals surface area contributed by atoms with Gasteiger partial charge in [0, 0.05) is 11.0 Å². The van der Waals surface area contributed by atoms with Crippen molar-refractivity contribution in [3.05, 3.63) is 47.5 Å². The second-order valence-corrected chi connectivity index (χ2v) is 7.87. The SMILES string of the molecule is CCOC(=O)c1ccc2cc(C#CC34OC3CCCC4(C)C)ccc2c1. The second kappa shape index (κ2) is 6.14. The molecule has 2 aromatic carbocycles. The van der Waals surface area contributed by atoms with Gasteiger partial charge in [0.15, 0.2) is 5.60 Å². The number of carbonyl (C=O) groups excluding carboxylic acids is 1. The van der Waals surface area contributed by atoms with Crippen LogP contribution in [0.1, 0.15) is 56.0 Å². The van der Waals surface area contributed by atoms with Crippen LogP contribution in [0.25, 0.3) is 10.8 Å². The molecule has 2 aromatic rings. The third kappa shape index (κ3) is 2.79. The first kappa shape index (κ1) is 17.1. The lowest BCUT2D eigenvalue weighted by Gasteiger charge is -2.32. The molecule has 0 bridgehead atoms. The zero-order valence-corrected chi connectivity index (χ0v) is 15.6. The van der Waals surface area contributed by atoms with Crippen molar-refractivity contribution in [2.75, 3.05) is 6.61 Å². The molecule has 134 valence electrons. The molecule has 2 fully saturated rings. The Balaban J connectivity index is 1.62. The monoisotopic (exact) mass is 348 g/mol. The molecule has 1 saturated heterocycles. The fraction of sp³-hybridized carbons (Fsp3) is 0.435. The number of benzene rings is 2. The summed E-state index contributed by atoms with van der Waals surface area (Å²) in [6.07, 6.45) is 3.80. The zero-order valence-electron chi connectivity index (χ0n) is 15.6. The molecule has 0 aromatic heterocycles. The van der Waals surface area contributed by atoms with Crippen molar-refractivity contribution in [1.29, 1.82) is 0 Å². The molecule has 3 nitrogen and oxygen atoms in total. The maximum Gasteiger partial charge on any atom is 0.338 e. The lowest BCUT2D eigenvalue weighted by molar-refractivity contribution is 0.0526. The van der Waals surface area contributed by atoms with E-state index in [1.165, 1.54) is 6.42 Å². The Kier molecular flexibility index (Phi) is 4.04. The molecule has 2 aliphatic rings. The van der Waals surface area contributed by atoms with Gasteiger partial charge in [-0.3, -0.25) is 0 Å². The third-order valence-electron chi connectivity index (χ3n) is 5.74. The summed E-state index contributed by atoms with van der Waals surface area (Å²) in [5.74, 6) is 6.50. The highest BCUT2D eigenvalue weighted by molar-refractivity contribution is 5.95. The predicted molar refractivity (Wildman–Crippen MR) is 102 cm³/mol. The van der Waals surface area contributed by atoms with E-state index in [0.717, 1.165) is 29.2 Å². The number of hydrogen-bond acceptors (Lipinski definition) is 3. The van der Waals surface area contributed by atoms with Crippen LogP contribution in [0, 0.1) is 17.3 Å². The average molecular weight is 348 g/mol. The van der Waals surface area contributed by atoms with Crippen molar-refractivity contribution in [2.24, 2.45) is 5.41 Å². The summed E-state index contributed by atoms with van der Waals surface area (Å²) >= 11 is 0. The van der Waals surface area contributed by atoms with Crippen LogP contribution in [-0.4, -0.2) is 24.3 Å². The minimum atomic E-state index is -0.283. The summed E-state index contributed by atoms with van der Waals surface area (Å²) in [7, 11) is 0. The summed E-state index contributed by atoms with van der Waals surface area (Å²) < 4.78 is 11.1. The number of hydrogen-bond donors (Lipinski definition) is 0. The molecule has 26 heavy (non-hydrogen) atoms. The summed E-state index contributed by atoms with van der Waals surface area (Å²) in [5, 5.41) is 2.08. The van der Waals surface area contributed by atoms with E-state index in [0.29, 0.717) is 18.3 Å². The van der Waals surface area contributed by atoms with Crippen molar-refractivity contribution < 1.29 is 14.3 Å². The Bertz CT molecular complexity index is 931. The fourth-order valence-corrected chi connectivity index (χ4v) is 4.07. The first-order chi connectivity index (χ1) is 12.4. The van der Waals surface area contributed by atoms with Gasteiger partial charge in [-0.2, -0.15) is 0 Å². The van der Waals surface area contributed by atoms with Crippen LogP contribution in [-0.2, 0) is 9.47 Å². The molecule has 1 aliphatic heterocycles. The summed E-state index contributed by atoms with van der Waals surface area (Å²) in [6.45, 7) is 6.72. The number of epoxide rings is 1. The van der Waals surface area contributed by atoms with Gasteiger partial charge in [0.25, 0.3) is 0 Å². The minimum absolute atomic E-state index is 0.105. The Labute approximate surface area is 154 Å². The molecule has 3 heteroatoms. The molecular weight excluding hydrogens is 324 g/mol. The first-order valence-electron chi connectivity index (χ1n) is 9.37. The smallest absolute Gasteiger partial charge is 0.338 e. The molecular formula is C23H24O3. The van der Waals surface area contributed by atoms with Crippen LogP contribution in [0.5, 0.6) is 0 Å². The number of fused-ring (bicyclic) bond motifs is 2. The standard InChI is InChI=1S/C23H24O3/c1-4-25-21(24)19-10-9-17-14-16(7-8-18(17)15-19)11-13-23-20(26-23)6-5-12-22(23,2)3/h7-10,14-15,20H,4-6,12H2,1-3H3. The minimum Gasteiger partial charge on any atom is -0.462 e. The van der Waals surface area contributed by atoms with Gasteiger partial charge in [-0.25, -0.2) is 4.79 Å². The Morgan fingerprint density at radius 1 is 1.23 bits per heavy atom. The van der Waals surface area contributed by atoms with Gasteiger partial charge in [-0.15, -0.1) is 0 Å². The summed E-state index contributed by atoms with van der Waals surface area (Å²) in [5.41, 5.74) is 1.39. The van der Waals surface area contributed by atoms with Gasteiger partial charge in [0.1, 0.15) is 6.10 Å². The largest absolute Gasteiger partial charge is 0.462 e. The zero-order chi connectivity index (χ0) is 18.4. The number of carbonyl (C=O) groups is 1. The third-order valence-corrected chi connectivity index (χ3v) is 5.74. The van der Waals surface area contributed by atoms with E-state index in [2.05, 4.69) is 31.8 Å². The fourth-order valence-electron chi connectivity index (χ4n) is 4.07. The van der Waals surface area contributed by atoms with E-state index in [-0.39, 0.29) is 17.0 Å². The number of esters is 1. The van der Waals surface area contributed by atoms with Crippen molar-refractivity contribution in [2.45, 2.75) is 51.7 Å². The van der Waals surface area contributed by atoms with Crippen molar-refractivity contribution in [3.8, 4) is 11.8 Å². The van der Waals surface area contributed by atoms with Gasteiger partial charge in [-0.1, -0.05) is 44.2 Å². The summed E-state index contributed by atoms with van der Waals surface area (Å²) in [4.78, 5) is 11.9. The quantitative estimate of drug-likeness (QED) is 0.448. The maximum absolute atomic E-state index is 11.9. The lowest BCUT2D eigenvalue weighted by atomic mass is 9.69. The van der Waals surface area contributed by atoms with Crippen LogP contribution in [0.15, 0.2) is 36.4 Å². The molecule has 1 aliphatic carbocycles. The van der Waals surface area contributed by atoms with E-state index < -0.39 is 0 Å². The normalized spacial score (nSPS) is 25.7. The molecule has 2 unspecified atom stereocenters. The van der Waals surface area contributed by atoms with Gasteiger partial charge >= 0.3 is 5.97 Å². The van der Waals surface area contributed by atoms with Crippen molar-refractivity contribution in [3.63, 3.8) is 0 Å². The molecule has 1 heterocycles. The van der Waals surface area contributed by atoms with Gasteiger partial charge in [-0.05, 0) is 54.8 Å². The molecule has 0 spiro atoms. The van der Waals surface area contributed by atoms with Gasteiger partial charge < -0.3 is 9.47 Å². The van der Waals surface area contributed by atoms with Crippen molar-refractivity contribution in [1.82, 2.24) is 0 Å². The number of rotatable bonds is 2. The van der Waals surface area contributed by atoms with E-state index >= 15 is 0 Å². The second-order valence-electron chi connectivity index (χ2n) is 7.87. The molecule has 2 atom stereocenters. The highest BCUT2D eigenvalue weighted by Gasteiger charge is 2.65. The highest BCUT2D eigenvalue weighted by atomic mass is 16.6. The number of ether oxygens (including phenoxy) is 2. The van der Waals surface area contributed by atoms with Crippen LogP contribution in [0.4, 0.5) is 0 Å². The Morgan fingerprint density at radius 2 is 2.00 bits per heavy atom. The lowest BCUT2D eigenvalue weighted by Crippen LogP contribution is -2.37. The van der Waals surface area contributed by atoms with Crippen LogP contribution < -0.4 is 0 Å². The van der Waals surface area contributed by atoms with Crippen LogP contribution in [0.3, 0.4) is 0 Å². The first-order valence-corrected chi connectivity index (χ1v) is 9.37. The highest BCUT2D eigenvalue weighted by Crippen LogP contribution is 2.57. The Hall–Kier alpha value is -2.31. The summed E-state index contributed by atoms with van der Waals surface area (Å²) in [6, 6.07) is 11.7. The van der Waals surface area contributed by atoms with Crippen LogP contribution in [0.2, 0.25) is 0 Å². The van der Waals surface area contributed by atoms with E-state index in [1.807, 2.05) is 31.2 Å². The van der Waals surface area contributed by atoms with Crippen molar-refractivity contribution >= 4 is 16.7 Å². The predicted octanol–water partition coefficient (Wildman–Crippen LogP) is 4.72. The van der Waals surface area contributed by atoms with Gasteiger partial charge in [0.05, 0.1) is 12.2 Å². The van der Waals surface area contributed by atoms with E-state index in [4.69, 9.17) is 9.47 Å². The van der Waals surface area contributed by atoms with Gasteiger partial charge in [0.2, 0.25) is 0 Å².